The molecule has 4 nitrogen and oxygen atoms in total. The molecule has 15 heavy (non-hydrogen) atoms. The molecule has 2 atom stereocenters. The smallest absolute Gasteiger partial charge is 0.151 e. The lowest BCUT2D eigenvalue weighted by atomic mass is 10.0. The molecule has 0 aromatic carbocycles. The maximum absolute atomic E-state index is 11.4. The van der Waals surface area contributed by atoms with Gasteiger partial charge in [0.15, 0.2) is 9.84 Å². The van der Waals surface area contributed by atoms with Gasteiger partial charge in [-0.15, -0.1) is 0 Å². The first-order valence-corrected chi connectivity index (χ1v) is 7.47. The first-order valence-electron chi connectivity index (χ1n) is 5.64. The predicted octanol–water partition coefficient (Wildman–Crippen LogP) is 0.0902. The van der Waals surface area contributed by atoms with Crippen molar-refractivity contribution in [2.24, 2.45) is 11.7 Å². The van der Waals surface area contributed by atoms with E-state index in [9.17, 15) is 8.42 Å². The minimum atomic E-state index is -2.84. The second-order valence-corrected chi connectivity index (χ2v) is 6.81. The highest BCUT2D eigenvalue weighted by Gasteiger charge is 2.30. The molecule has 1 saturated heterocycles. The largest absolute Gasteiger partial charge is 0.329 e. The summed E-state index contributed by atoms with van der Waals surface area (Å²) in [6, 6.07) is 0.372. The van der Waals surface area contributed by atoms with Gasteiger partial charge in [-0.1, -0.05) is 13.8 Å². The van der Waals surface area contributed by atoms with Gasteiger partial charge in [0.25, 0.3) is 0 Å². The van der Waals surface area contributed by atoms with Crippen LogP contribution < -0.4 is 5.73 Å². The van der Waals surface area contributed by atoms with Crippen molar-refractivity contribution in [3.8, 4) is 0 Å². The Labute approximate surface area is 92.7 Å². The fourth-order valence-corrected chi connectivity index (χ4v) is 2.95. The van der Waals surface area contributed by atoms with E-state index in [2.05, 4.69) is 11.8 Å². The SMILES string of the molecule is CCS(=O)(=O)CCN1CCC(C)C1CN. The van der Waals surface area contributed by atoms with Gasteiger partial charge in [-0.25, -0.2) is 8.42 Å². The summed E-state index contributed by atoms with van der Waals surface area (Å²) >= 11 is 0. The molecule has 1 fully saturated rings. The second kappa shape index (κ2) is 5.27. The van der Waals surface area contributed by atoms with Gasteiger partial charge in [0, 0.05) is 24.9 Å². The number of hydrogen-bond donors (Lipinski definition) is 1. The van der Waals surface area contributed by atoms with Crippen molar-refractivity contribution in [1.29, 1.82) is 0 Å². The lowest BCUT2D eigenvalue weighted by Crippen LogP contribution is -2.40. The highest BCUT2D eigenvalue weighted by atomic mass is 32.2. The molecule has 0 spiro atoms. The Kier molecular flexibility index (Phi) is 4.55. The molecule has 0 aliphatic carbocycles. The molecular formula is C10H22N2O2S. The predicted molar refractivity (Wildman–Crippen MR) is 62.5 cm³/mol. The van der Waals surface area contributed by atoms with Gasteiger partial charge < -0.3 is 5.73 Å². The summed E-state index contributed by atoms with van der Waals surface area (Å²) in [5.74, 6) is 1.11. The maximum atomic E-state index is 11.4. The van der Waals surface area contributed by atoms with Crippen molar-refractivity contribution in [2.75, 3.05) is 31.1 Å². The topological polar surface area (TPSA) is 63.4 Å². The third-order valence-electron chi connectivity index (χ3n) is 3.37. The molecule has 1 aliphatic heterocycles. The zero-order chi connectivity index (χ0) is 11.5. The van der Waals surface area contributed by atoms with Crippen LogP contribution in [0.25, 0.3) is 0 Å². The van der Waals surface area contributed by atoms with Gasteiger partial charge in [-0.2, -0.15) is 0 Å². The Hall–Kier alpha value is -0.130. The highest BCUT2D eigenvalue weighted by molar-refractivity contribution is 7.91. The Morgan fingerprint density at radius 1 is 1.47 bits per heavy atom. The van der Waals surface area contributed by atoms with Crippen LogP contribution in [0.5, 0.6) is 0 Å². The van der Waals surface area contributed by atoms with Crippen LogP contribution in [0.15, 0.2) is 0 Å². The Balaban J connectivity index is 2.46. The van der Waals surface area contributed by atoms with Crippen LogP contribution in [0, 0.1) is 5.92 Å². The van der Waals surface area contributed by atoms with Crippen LogP contribution >= 0.6 is 0 Å². The number of likely N-dealkylation sites (tertiary alicyclic amines) is 1. The molecule has 0 aromatic heterocycles. The molecule has 90 valence electrons. The lowest BCUT2D eigenvalue weighted by Gasteiger charge is -2.25. The van der Waals surface area contributed by atoms with E-state index in [4.69, 9.17) is 5.73 Å². The van der Waals surface area contributed by atoms with Crippen LogP contribution in [-0.2, 0) is 9.84 Å². The molecule has 0 radical (unpaired) electrons. The van der Waals surface area contributed by atoms with Crippen LogP contribution in [0.2, 0.25) is 0 Å². The molecule has 1 heterocycles. The van der Waals surface area contributed by atoms with E-state index in [0.29, 0.717) is 25.0 Å². The lowest BCUT2D eigenvalue weighted by molar-refractivity contribution is 0.249. The minimum Gasteiger partial charge on any atom is -0.329 e. The van der Waals surface area contributed by atoms with E-state index in [0.717, 1.165) is 13.0 Å². The van der Waals surface area contributed by atoms with Crippen LogP contribution in [0.4, 0.5) is 0 Å². The first-order chi connectivity index (χ1) is 7.00. The van der Waals surface area contributed by atoms with Gasteiger partial charge >= 0.3 is 0 Å². The number of hydrogen-bond acceptors (Lipinski definition) is 4. The Morgan fingerprint density at radius 3 is 2.67 bits per heavy atom. The Morgan fingerprint density at radius 2 is 2.13 bits per heavy atom. The number of nitrogens with zero attached hydrogens (tertiary/aromatic N) is 1. The molecule has 1 rings (SSSR count). The van der Waals surface area contributed by atoms with Gasteiger partial charge in [0.1, 0.15) is 0 Å². The van der Waals surface area contributed by atoms with Gasteiger partial charge in [-0.3, -0.25) is 4.90 Å². The molecule has 0 amide bonds. The van der Waals surface area contributed by atoms with Gasteiger partial charge in [0.05, 0.1) is 5.75 Å². The molecule has 2 unspecified atom stereocenters. The third kappa shape index (κ3) is 3.43. The van der Waals surface area contributed by atoms with Crippen molar-refractivity contribution >= 4 is 9.84 Å². The molecule has 0 saturated carbocycles. The van der Waals surface area contributed by atoms with Crippen LogP contribution in [0.1, 0.15) is 20.3 Å². The quantitative estimate of drug-likeness (QED) is 0.732. The monoisotopic (exact) mass is 234 g/mol. The molecular weight excluding hydrogens is 212 g/mol. The fourth-order valence-electron chi connectivity index (χ4n) is 2.15. The Bertz CT molecular complexity index is 290. The highest BCUT2D eigenvalue weighted by Crippen LogP contribution is 2.22. The van der Waals surface area contributed by atoms with E-state index in [1.807, 2.05) is 0 Å². The standard InChI is InChI=1S/C10H22N2O2S/c1-3-15(13,14)7-6-12-5-4-9(2)10(12)8-11/h9-10H,3-8,11H2,1-2H3. The van der Waals surface area contributed by atoms with Crippen molar-refractivity contribution in [1.82, 2.24) is 4.90 Å². The summed E-state index contributed by atoms with van der Waals surface area (Å²) in [6.07, 6.45) is 1.13. The summed E-state index contributed by atoms with van der Waals surface area (Å²) in [6.45, 7) is 6.15. The van der Waals surface area contributed by atoms with E-state index in [1.54, 1.807) is 6.92 Å². The van der Waals surface area contributed by atoms with Crippen molar-refractivity contribution in [3.05, 3.63) is 0 Å². The van der Waals surface area contributed by atoms with Crippen molar-refractivity contribution < 1.29 is 8.42 Å². The normalized spacial score (nSPS) is 28.5. The molecule has 5 heteroatoms. The second-order valence-electron chi connectivity index (χ2n) is 4.34. The van der Waals surface area contributed by atoms with Gasteiger partial charge in [-0.05, 0) is 18.9 Å². The number of sulfone groups is 1. The van der Waals surface area contributed by atoms with Gasteiger partial charge in [0.2, 0.25) is 0 Å². The van der Waals surface area contributed by atoms with Crippen LogP contribution in [-0.4, -0.2) is 50.5 Å². The fraction of sp³-hybridized carbons (Fsp3) is 1.00. The molecule has 0 bridgehead atoms. The summed E-state index contributed by atoms with van der Waals surface area (Å²) in [5, 5.41) is 0. The van der Waals surface area contributed by atoms with E-state index in [-0.39, 0.29) is 11.5 Å². The maximum Gasteiger partial charge on any atom is 0.151 e. The van der Waals surface area contributed by atoms with E-state index in [1.165, 1.54) is 0 Å². The first kappa shape index (κ1) is 12.9. The average molecular weight is 234 g/mol. The molecule has 0 aromatic rings. The van der Waals surface area contributed by atoms with E-state index >= 15 is 0 Å². The summed E-state index contributed by atoms with van der Waals surface area (Å²) in [5.41, 5.74) is 5.70. The minimum absolute atomic E-state index is 0.240. The van der Waals surface area contributed by atoms with Crippen LogP contribution in [0.3, 0.4) is 0 Å². The zero-order valence-corrected chi connectivity index (χ0v) is 10.5. The zero-order valence-electron chi connectivity index (χ0n) is 9.65. The molecule has 2 N–H and O–H groups in total. The molecule has 1 aliphatic rings. The number of nitrogens with two attached hydrogens (primary N) is 1. The summed E-state index contributed by atoms with van der Waals surface area (Å²) in [4.78, 5) is 2.22. The summed E-state index contributed by atoms with van der Waals surface area (Å²) < 4.78 is 22.7. The van der Waals surface area contributed by atoms with E-state index < -0.39 is 9.84 Å². The third-order valence-corrected chi connectivity index (χ3v) is 5.05. The summed E-state index contributed by atoms with van der Waals surface area (Å²) in [7, 11) is -2.84. The average Bonchev–Trinajstić information content (AvgIpc) is 2.56. The van der Waals surface area contributed by atoms with Crippen molar-refractivity contribution in [3.63, 3.8) is 0 Å². The van der Waals surface area contributed by atoms with Crippen molar-refractivity contribution in [2.45, 2.75) is 26.3 Å². The number of rotatable bonds is 5.